The summed E-state index contributed by atoms with van der Waals surface area (Å²) in [7, 11) is 0. The van der Waals surface area contributed by atoms with Crippen LogP contribution in [0.5, 0.6) is 0 Å². The molecule has 0 aromatic heterocycles. The van der Waals surface area contributed by atoms with Crippen LogP contribution in [0, 0.1) is 17.2 Å². The van der Waals surface area contributed by atoms with E-state index < -0.39 is 0 Å². The van der Waals surface area contributed by atoms with E-state index in [1.54, 1.807) is 0 Å². The Morgan fingerprint density at radius 1 is 1.59 bits per heavy atom. The number of allylic oxidation sites excluding steroid dienone is 1. The van der Waals surface area contributed by atoms with Gasteiger partial charge in [0.2, 0.25) is 5.91 Å². The molecule has 0 aromatic carbocycles. The van der Waals surface area contributed by atoms with Crippen molar-refractivity contribution in [3.8, 4) is 6.07 Å². The predicted octanol–water partition coefficient (Wildman–Crippen LogP) is 2.66. The van der Waals surface area contributed by atoms with Gasteiger partial charge >= 0.3 is 0 Å². The van der Waals surface area contributed by atoms with Crippen molar-refractivity contribution >= 4 is 5.91 Å². The van der Waals surface area contributed by atoms with Crippen LogP contribution in [0.1, 0.15) is 33.1 Å². The van der Waals surface area contributed by atoms with Gasteiger partial charge in [-0.3, -0.25) is 4.79 Å². The molecule has 0 fully saturated rings. The summed E-state index contributed by atoms with van der Waals surface area (Å²) in [5, 5.41) is 8.57. The first-order valence-corrected chi connectivity index (χ1v) is 6.09. The maximum atomic E-state index is 11.8. The summed E-state index contributed by atoms with van der Waals surface area (Å²) in [5.74, 6) is 0.700. The molecule has 1 amide bonds. The molecular formula is C14H20N2O. The zero-order valence-electron chi connectivity index (χ0n) is 10.7. The van der Waals surface area contributed by atoms with Gasteiger partial charge in [-0.05, 0) is 18.8 Å². The molecule has 1 aliphatic rings. The van der Waals surface area contributed by atoms with Gasteiger partial charge in [0, 0.05) is 25.1 Å². The Morgan fingerprint density at radius 3 is 2.76 bits per heavy atom. The lowest BCUT2D eigenvalue weighted by Gasteiger charge is -2.28. The van der Waals surface area contributed by atoms with Gasteiger partial charge in [-0.2, -0.15) is 5.26 Å². The molecule has 0 bridgehead atoms. The van der Waals surface area contributed by atoms with E-state index >= 15 is 0 Å². The van der Waals surface area contributed by atoms with Gasteiger partial charge in [0.25, 0.3) is 0 Å². The highest BCUT2D eigenvalue weighted by atomic mass is 16.2. The molecule has 17 heavy (non-hydrogen) atoms. The first-order chi connectivity index (χ1) is 8.04. The minimum Gasteiger partial charge on any atom is -0.339 e. The maximum Gasteiger partial charge on any atom is 0.223 e. The van der Waals surface area contributed by atoms with E-state index in [9.17, 15) is 4.79 Å². The van der Waals surface area contributed by atoms with Gasteiger partial charge in [-0.25, -0.2) is 0 Å². The van der Waals surface area contributed by atoms with Crippen LogP contribution in [0.25, 0.3) is 0 Å². The fraction of sp³-hybridized carbons (Fsp3) is 0.571. The standard InChI is InChI=1S/C14H20N2O/c1-11(2)13-6-8-16(9-7-13)14(17)5-4-12(3)10-15/h6,11H,3-5,7-9H2,1-2H3. The van der Waals surface area contributed by atoms with E-state index in [4.69, 9.17) is 5.26 Å². The van der Waals surface area contributed by atoms with Crippen molar-refractivity contribution in [2.45, 2.75) is 33.1 Å². The van der Waals surface area contributed by atoms with Crippen molar-refractivity contribution in [1.29, 1.82) is 5.26 Å². The molecule has 0 saturated carbocycles. The van der Waals surface area contributed by atoms with Crippen LogP contribution in [0.15, 0.2) is 23.8 Å². The van der Waals surface area contributed by atoms with Crippen molar-refractivity contribution in [1.82, 2.24) is 4.90 Å². The summed E-state index contributed by atoms with van der Waals surface area (Å²) in [4.78, 5) is 13.7. The Hall–Kier alpha value is -1.56. The molecule has 0 aromatic rings. The van der Waals surface area contributed by atoms with Crippen LogP contribution in [-0.4, -0.2) is 23.9 Å². The summed E-state index contributed by atoms with van der Waals surface area (Å²) in [6, 6.07) is 1.97. The van der Waals surface area contributed by atoms with Crippen molar-refractivity contribution in [3.63, 3.8) is 0 Å². The average molecular weight is 232 g/mol. The fourth-order valence-electron chi connectivity index (χ4n) is 1.91. The van der Waals surface area contributed by atoms with Gasteiger partial charge < -0.3 is 4.90 Å². The Bertz CT molecular complexity index is 374. The van der Waals surface area contributed by atoms with E-state index in [0.717, 1.165) is 13.0 Å². The Morgan fingerprint density at radius 2 is 2.29 bits per heavy atom. The summed E-state index contributed by atoms with van der Waals surface area (Å²) in [6.45, 7) is 9.46. The fourth-order valence-corrected chi connectivity index (χ4v) is 1.91. The van der Waals surface area contributed by atoms with Crippen LogP contribution in [0.4, 0.5) is 0 Å². The second kappa shape index (κ2) is 6.24. The molecule has 0 atom stereocenters. The highest BCUT2D eigenvalue weighted by Crippen LogP contribution is 2.19. The molecule has 0 unspecified atom stereocenters. The highest BCUT2D eigenvalue weighted by molar-refractivity contribution is 5.77. The van der Waals surface area contributed by atoms with Crippen LogP contribution in [0.3, 0.4) is 0 Å². The van der Waals surface area contributed by atoms with Crippen molar-refractivity contribution in [2.24, 2.45) is 5.92 Å². The third-order valence-electron chi connectivity index (χ3n) is 3.14. The van der Waals surface area contributed by atoms with Crippen molar-refractivity contribution in [3.05, 3.63) is 23.8 Å². The minimum absolute atomic E-state index is 0.125. The molecule has 0 saturated heterocycles. The number of carbonyl (C=O) groups is 1. The molecule has 1 rings (SSSR count). The molecule has 92 valence electrons. The largest absolute Gasteiger partial charge is 0.339 e. The number of nitriles is 1. The average Bonchev–Trinajstić information content (AvgIpc) is 2.35. The third-order valence-corrected chi connectivity index (χ3v) is 3.14. The first kappa shape index (κ1) is 13.5. The van der Waals surface area contributed by atoms with Crippen LogP contribution in [0.2, 0.25) is 0 Å². The lowest BCUT2D eigenvalue weighted by Crippen LogP contribution is -2.35. The van der Waals surface area contributed by atoms with Gasteiger partial charge in [-0.15, -0.1) is 0 Å². The first-order valence-electron chi connectivity index (χ1n) is 6.09. The number of nitrogens with zero attached hydrogens (tertiary/aromatic N) is 2. The topological polar surface area (TPSA) is 44.1 Å². The van der Waals surface area contributed by atoms with E-state index in [0.29, 0.717) is 30.9 Å². The number of hydrogen-bond acceptors (Lipinski definition) is 2. The molecule has 0 N–H and O–H groups in total. The third kappa shape index (κ3) is 4.07. The number of hydrogen-bond donors (Lipinski definition) is 0. The lowest BCUT2D eigenvalue weighted by molar-refractivity contribution is -0.130. The van der Waals surface area contributed by atoms with Crippen molar-refractivity contribution < 1.29 is 4.79 Å². The second-order valence-corrected chi connectivity index (χ2v) is 4.74. The van der Waals surface area contributed by atoms with Crippen molar-refractivity contribution in [2.75, 3.05) is 13.1 Å². The highest BCUT2D eigenvalue weighted by Gasteiger charge is 2.18. The normalized spacial score (nSPS) is 15.4. The number of carbonyl (C=O) groups excluding carboxylic acids is 1. The monoisotopic (exact) mass is 232 g/mol. The van der Waals surface area contributed by atoms with Crippen LogP contribution in [-0.2, 0) is 4.79 Å². The maximum absolute atomic E-state index is 11.8. The quantitative estimate of drug-likeness (QED) is 0.552. The molecule has 1 aliphatic heterocycles. The Labute approximate surface area is 103 Å². The summed E-state index contributed by atoms with van der Waals surface area (Å²) >= 11 is 0. The smallest absolute Gasteiger partial charge is 0.223 e. The van der Waals surface area contributed by atoms with Gasteiger partial charge in [0.1, 0.15) is 0 Å². The second-order valence-electron chi connectivity index (χ2n) is 4.74. The Kier molecular flexibility index (Phi) is 4.96. The van der Waals surface area contributed by atoms with E-state index in [-0.39, 0.29) is 5.91 Å². The van der Waals surface area contributed by atoms with Crippen LogP contribution >= 0.6 is 0 Å². The van der Waals surface area contributed by atoms with E-state index in [1.165, 1.54) is 5.57 Å². The SMILES string of the molecule is C=C(C#N)CCC(=O)N1CC=C(C(C)C)CC1. The molecule has 3 heteroatoms. The van der Waals surface area contributed by atoms with E-state index in [1.807, 2.05) is 11.0 Å². The summed E-state index contributed by atoms with van der Waals surface area (Å²) in [6.07, 6.45) is 4.01. The molecular weight excluding hydrogens is 212 g/mol. The Balaban J connectivity index is 2.41. The number of rotatable bonds is 4. The molecule has 0 aliphatic carbocycles. The molecule has 0 spiro atoms. The van der Waals surface area contributed by atoms with Gasteiger partial charge in [0.05, 0.1) is 6.07 Å². The zero-order valence-corrected chi connectivity index (χ0v) is 10.7. The lowest BCUT2D eigenvalue weighted by atomic mass is 9.97. The summed E-state index contributed by atoms with van der Waals surface area (Å²) in [5.41, 5.74) is 1.92. The van der Waals surface area contributed by atoms with E-state index in [2.05, 4.69) is 26.5 Å². The van der Waals surface area contributed by atoms with Gasteiger partial charge in [0.15, 0.2) is 0 Å². The summed E-state index contributed by atoms with van der Waals surface area (Å²) < 4.78 is 0. The molecule has 1 heterocycles. The molecule has 3 nitrogen and oxygen atoms in total. The minimum atomic E-state index is 0.125. The van der Waals surface area contributed by atoms with Gasteiger partial charge in [-0.1, -0.05) is 32.1 Å². The predicted molar refractivity (Wildman–Crippen MR) is 68.1 cm³/mol. The number of amides is 1. The molecule has 0 radical (unpaired) electrons. The zero-order chi connectivity index (χ0) is 12.8. The van der Waals surface area contributed by atoms with Crippen LogP contribution < -0.4 is 0 Å².